The van der Waals surface area contributed by atoms with Crippen molar-refractivity contribution in [2.75, 3.05) is 6.54 Å². The maximum atomic E-state index is 5.84. The molecule has 0 rings (SSSR count). The van der Waals surface area contributed by atoms with Crippen LogP contribution in [0.5, 0.6) is 0 Å². The second kappa shape index (κ2) is 12.2. The first-order chi connectivity index (χ1) is 9.17. The van der Waals surface area contributed by atoms with E-state index in [1.165, 1.54) is 12.8 Å². The third-order valence-electron chi connectivity index (χ3n) is 3.27. The van der Waals surface area contributed by atoms with E-state index >= 15 is 0 Å². The highest BCUT2D eigenvalue weighted by atomic mass is 35.5. The molecule has 0 saturated carbocycles. The molecule has 0 bridgehead atoms. The number of rotatable bonds is 11. The number of nitrogens with zero attached hydrogens (tertiary/aromatic N) is 2. The van der Waals surface area contributed by atoms with E-state index in [-0.39, 0.29) is 0 Å². The lowest BCUT2D eigenvalue weighted by Crippen LogP contribution is -2.11. The Balaban J connectivity index is 3.96. The smallest absolute Gasteiger partial charge is 0.0541 e. The van der Waals surface area contributed by atoms with Crippen molar-refractivity contribution in [2.45, 2.75) is 52.0 Å². The van der Waals surface area contributed by atoms with Crippen molar-refractivity contribution in [2.24, 2.45) is 15.9 Å². The predicted molar refractivity (Wildman–Crippen MR) is 88.8 cm³/mol. The summed E-state index contributed by atoms with van der Waals surface area (Å²) in [5.74, 6) is 0.697. The molecule has 0 aromatic carbocycles. The van der Waals surface area contributed by atoms with Crippen molar-refractivity contribution < 1.29 is 0 Å². The number of hydrogen-bond acceptors (Lipinski definition) is 2. The van der Waals surface area contributed by atoms with Crippen LogP contribution in [0.25, 0.3) is 0 Å². The SMILES string of the molecule is C=CCC(CC(CC)CCCN=C/C(Cl)=C\C)N=C. The van der Waals surface area contributed by atoms with Crippen molar-refractivity contribution in [3.8, 4) is 0 Å². The van der Waals surface area contributed by atoms with Gasteiger partial charge in [-0.15, -0.1) is 6.58 Å². The van der Waals surface area contributed by atoms with Crippen molar-refractivity contribution in [3.63, 3.8) is 0 Å². The van der Waals surface area contributed by atoms with E-state index in [2.05, 4.69) is 30.2 Å². The molecule has 0 aliphatic carbocycles. The third kappa shape index (κ3) is 9.66. The van der Waals surface area contributed by atoms with Gasteiger partial charge in [-0.05, 0) is 45.2 Å². The van der Waals surface area contributed by atoms with E-state index in [0.29, 0.717) is 17.0 Å². The van der Waals surface area contributed by atoms with Crippen LogP contribution < -0.4 is 0 Å². The molecule has 2 nitrogen and oxygen atoms in total. The van der Waals surface area contributed by atoms with E-state index in [9.17, 15) is 0 Å². The lowest BCUT2D eigenvalue weighted by atomic mass is 9.91. The maximum absolute atomic E-state index is 5.84. The Bertz CT molecular complexity index is 308. The molecule has 0 fully saturated rings. The first-order valence-electron chi connectivity index (χ1n) is 7.06. The molecule has 0 heterocycles. The number of halogens is 1. The normalized spacial score (nSPS) is 15.4. The van der Waals surface area contributed by atoms with Crippen LogP contribution in [-0.2, 0) is 0 Å². The van der Waals surface area contributed by atoms with Gasteiger partial charge in [-0.25, -0.2) is 0 Å². The van der Waals surface area contributed by atoms with Gasteiger partial charge >= 0.3 is 0 Å². The van der Waals surface area contributed by atoms with Crippen LogP contribution in [0.1, 0.15) is 46.0 Å². The Morgan fingerprint density at radius 1 is 1.42 bits per heavy atom. The molecule has 0 radical (unpaired) electrons. The molecular formula is C16H27ClN2. The Labute approximate surface area is 123 Å². The largest absolute Gasteiger partial charge is 0.297 e. The minimum absolute atomic E-state index is 0.323. The fraction of sp³-hybridized carbons (Fsp3) is 0.625. The predicted octanol–water partition coefficient (Wildman–Crippen LogP) is 5.04. The number of aliphatic imine (C=N–C) groups is 2. The Kier molecular flexibility index (Phi) is 11.6. The van der Waals surface area contributed by atoms with Crippen LogP contribution in [0.2, 0.25) is 0 Å². The second-order valence-corrected chi connectivity index (χ2v) is 5.16. The Morgan fingerprint density at radius 3 is 2.68 bits per heavy atom. The van der Waals surface area contributed by atoms with Gasteiger partial charge in [0.05, 0.1) is 11.1 Å². The van der Waals surface area contributed by atoms with Crippen LogP contribution in [0.3, 0.4) is 0 Å². The molecule has 0 amide bonds. The van der Waals surface area contributed by atoms with Gasteiger partial charge in [0.2, 0.25) is 0 Å². The molecule has 0 N–H and O–H groups in total. The van der Waals surface area contributed by atoms with Gasteiger partial charge in [-0.1, -0.05) is 37.1 Å². The van der Waals surface area contributed by atoms with E-state index < -0.39 is 0 Å². The lowest BCUT2D eigenvalue weighted by molar-refractivity contribution is 0.390. The zero-order valence-corrected chi connectivity index (χ0v) is 13.1. The molecule has 0 aliphatic rings. The molecule has 19 heavy (non-hydrogen) atoms. The fourth-order valence-corrected chi connectivity index (χ4v) is 2.08. The van der Waals surface area contributed by atoms with Crippen LogP contribution in [-0.4, -0.2) is 25.5 Å². The van der Waals surface area contributed by atoms with Gasteiger partial charge in [-0.2, -0.15) is 0 Å². The molecule has 0 aliphatic heterocycles. The molecule has 0 aromatic heterocycles. The molecule has 108 valence electrons. The van der Waals surface area contributed by atoms with Crippen LogP contribution in [0, 0.1) is 5.92 Å². The van der Waals surface area contributed by atoms with Crippen LogP contribution >= 0.6 is 11.6 Å². The van der Waals surface area contributed by atoms with Crippen molar-refractivity contribution in [1.82, 2.24) is 0 Å². The molecule has 2 atom stereocenters. The standard InChI is InChI=1S/C16H27ClN2/c1-5-9-16(18-4)12-14(6-2)10-8-11-19-13-15(17)7-3/h5,7,13-14,16H,1,4,6,8-12H2,2-3H3/b15-7+,19-13?. The third-order valence-corrected chi connectivity index (χ3v) is 3.59. The van der Waals surface area contributed by atoms with E-state index in [4.69, 9.17) is 11.6 Å². The quantitative estimate of drug-likeness (QED) is 0.288. The summed E-state index contributed by atoms with van der Waals surface area (Å²) in [5.41, 5.74) is 0. The summed E-state index contributed by atoms with van der Waals surface area (Å²) in [4.78, 5) is 8.48. The number of hydrogen-bond donors (Lipinski definition) is 0. The monoisotopic (exact) mass is 282 g/mol. The van der Waals surface area contributed by atoms with E-state index in [1.54, 1.807) is 6.21 Å². The molecular weight excluding hydrogens is 256 g/mol. The summed E-state index contributed by atoms with van der Waals surface area (Å²) in [5, 5.41) is 0.703. The molecule has 0 aromatic rings. The molecule has 2 unspecified atom stereocenters. The highest BCUT2D eigenvalue weighted by Gasteiger charge is 2.12. The zero-order valence-electron chi connectivity index (χ0n) is 12.3. The van der Waals surface area contributed by atoms with Crippen LogP contribution in [0.4, 0.5) is 0 Å². The average Bonchev–Trinajstić information content (AvgIpc) is 2.44. The molecule has 0 spiro atoms. The Hall–Kier alpha value is -0.890. The van der Waals surface area contributed by atoms with Gasteiger partial charge in [-0.3, -0.25) is 9.98 Å². The maximum Gasteiger partial charge on any atom is 0.0541 e. The van der Waals surface area contributed by atoms with Crippen molar-refractivity contribution >= 4 is 24.5 Å². The fourth-order valence-electron chi connectivity index (χ4n) is 2.01. The van der Waals surface area contributed by atoms with Crippen LogP contribution in [0.15, 0.2) is 33.7 Å². The molecule has 0 saturated heterocycles. The summed E-state index contributed by atoms with van der Waals surface area (Å²) >= 11 is 5.84. The topological polar surface area (TPSA) is 24.7 Å². The van der Waals surface area contributed by atoms with Gasteiger partial charge in [0.1, 0.15) is 0 Å². The average molecular weight is 283 g/mol. The highest BCUT2D eigenvalue weighted by Crippen LogP contribution is 2.20. The van der Waals surface area contributed by atoms with E-state index in [0.717, 1.165) is 25.8 Å². The zero-order chi connectivity index (χ0) is 14.5. The lowest BCUT2D eigenvalue weighted by Gasteiger charge is -2.18. The van der Waals surface area contributed by atoms with E-state index in [1.807, 2.05) is 19.1 Å². The van der Waals surface area contributed by atoms with Gasteiger partial charge in [0, 0.05) is 12.8 Å². The summed E-state index contributed by atoms with van der Waals surface area (Å²) in [7, 11) is 0. The summed E-state index contributed by atoms with van der Waals surface area (Å²) < 4.78 is 0. The van der Waals surface area contributed by atoms with Crippen molar-refractivity contribution in [3.05, 3.63) is 23.8 Å². The minimum Gasteiger partial charge on any atom is -0.297 e. The summed E-state index contributed by atoms with van der Waals surface area (Å²) in [6.07, 6.45) is 11.0. The summed E-state index contributed by atoms with van der Waals surface area (Å²) in [6.45, 7) is 12.4. The first-order valence-corrected chi connectivity index (χ1v) is 7.44. The minimum atomic E-state index is 0.323. The number of allylic oxidation sites excluding steroid dienone is 2. The summed E-state index contributed by atoms with van der Waals surface area (Å²) in [6, 6.07) is 0.323. The van der Waals surface area contributed by atoms with Crippen molar-refractivity contribution in [1.29, 1.82) is 0 Å². The molecule has 3 heteroatoms. The first kappa shape index (κ1) is 18.1. The van der Waals surface area contributed by atoms with Gasteiger partial charge in [0.15, 0.2) is 0 Å². The second-order valence-electron chi connectivity index (χ2n) is 4.72. The highest BCUT2D eigenvalue weighted by molar-refractivity contribution is 6.39. The van der Waals surface area contributed by atoms with Gasteiger partial charge in [0.25, 0.3) is 0 Å². The van der Waals surface area contributed by atoms with Gasteiger partial charge < -0.3 is 0 Å². The Morgan fingerprint density at radius 2 is 2.16 bits per heavy atom.